The predicted octanol–water partition coefficient (Wildman–Crippen LogP) is 6.94. The van der Waals surface area contributed by atoms with Crippen LogP contribution < -0.4 is 14.8 Å². The lowest BCUT2D eigenvalue weighted by atomic mass is 10.1. The Morgan fingerprint density at radius 3 is 2.67 bits per heavy atom. The molecule has 0 radical (unpaired) electrons. The number of benzene rings is 3. The maximum Gasteiger partial charge on any atom is 0.152 e. The SMILES string of the molecule is CCS(=O)(=O)CCOCc1nc(-c2cc3c(Nc4ccc(OCc5cccc(F)c5)c(Br)c4)ncnc3cc2OC)cs1. The zero-order valence-electron chi connectivity index (χ0n) is 23.3. The van der Waals surface area contributed by atoms with Crippen LogP contribution in [0.15, 0.2) is 70.8 Å². The zero-order chi connectivity index (χ0) is 30.4. The van der Waals surface area contributed by atoms with Gasteiger partial charge < -0.3 is 19.5 Å². The van der Waals surface area contributed by atoms with Crippen LogP contribution in [0.2, 0.25) is 0 Å². The largest absolute Gasteiger partial charge is 0.496 e. The summed E-state index contributed by atoms with van der Waals surface area (Å²) < 4.78 is 54.7. The molecule has 0 saturated heterocycles. The summed E-state index contributed by atoms with van der Waals surface area (Å²) in [7, 11) is -1.50. The van der Waals surface area contributed by atoms with Crippen LogP contribution in [-0.2, 0) is 27.8 Å². The van der Waals surface area contributed by atoms with Crippen molar-refractivity contribution in [1.29, 1.82) is 0 Å². The maximum absolute atomic E-state index is 13.5. The minimum absolute atomic E-state index is 0.0166. The number of aromatic nitrogens is 3. The molecule has 0 aliphatic heterocycles. The number of halogens is 2. The summed E-state index contributed by atoms with van der Waals surface area (Å²) in [5.74, 6) is 1.58. The van der Waals surface area contributed by atoms with Crippen molar-refractivity contribution in [3.63, 3.8) is 0 Å². The average Bonchev–Trinajstić information content (AvgIpc) is 3.47. The van der Waals surface area contributed by atoms with Crippen LogP contribution in [0.3, 0.4) is 0 Å². The molecule has 43 heavy (non-hydrogen) atoms. The van der Waals surface area contributed by atoms with Gasteiger partial charge in [-0.3, -0.25) is 0 Å². The summed E-state index contributed by atoms with van der Waals surface area (Å²) in [6.45, 7) is 2.18. The van der Waals surface area contributed by atoms with Crippen LogP contribution in [0.1, 0.15) is 17.5 Å². The Hall–Kier alpha value is -3.65. The molecule has 0 atom stereocenters. The van der Waals surface area contributed by atoms with Gasteiger partial charge in [0.1, 0.15) is 41.1 Å². The Morgan fingerprint density at radius 1 is 1.05 bits per heavy atom. The van der Waals surface area contributed by atoms with Gasteiger partial charge in [0.2, 0.25) is 0 Å². The summed E-state index contributed by atoms with van der Waals surface area (Å²) in [5.41, 5.74) is 3.63. The smallest absolute Gasteiger partial charge is 0.152 e. The lowest BCUT2D eigenvalue weighted by Gasteiger charge is -2.13. The van der Waals surface area contributed by atoms with Gasteiger partial charge in [-0.15, -0.1) is 11.3 Å². The molecule has 3 aromatic carbocycles. The molecule has 2 aromatic heterocycles. The third-order valence-electron chi connectivity index (χ3n) is 6.47. The molecule has 2 heterocycles. The van der Waals surface area contributed by atoms with Gasteiger partial charge >= 0.3 is 0 Å². The highest BCUT2D eigenvalue weighted by atomic mass is 79.9. The number of nitrogens with zero attached hydrogens (tertiary/aromatic N) is 3. The van der Waals surface area contributed by atoms with E-state index in [0.29, 0.717) is 28.5 Å². The van der Waals surface area contributed by atoms with E-state index in [2.05, 4.69) is 31.2 Å². The molecule has 224 valence electrons. The molecule has 0 saturated carbocycles. The van der Waals surface area contributed by atoms with Crippen molar-refractivity contribution in [3.8, 4) is 22.8 Å². The Balaban J connectivity index is 1.33. The Bertz CT molecular complexity index is 1850. The van der Waals surface area contributed by atoms with Crippen LogP contribution in [0, 0.1) is 5.82 Å². The van der Waals surface area contributed by atoms with E-state index < -0.39 is 9.84 Å². The lowest BCUT2D eigenvalue weighted by Crippen LogP contribution is -2.13. The molecule has 0 fully saturated rings. The second kappa shape index (κ2) is 13.8. The summed E-state index contributed by atoms with van der Waals surface area (Å²) in [4.78, 5) is 13.6. The topological polar surface area (TPSA) is 113 Å². The number of sulfone groups is 1. The lowest BCUT2D eigenvalue weighted by molar-refractivity contribution is 0.135. The van der Waals surface area contributed by atoms with Crippen molar-refractivity contribution in [2.75, 3.05) is 30.5 Å². The third kappa shape index (κ3) is 7.85. The number of methoxy groups -OCH3 is 1. The minimum atomic E-state index is -3.08. The monoisotopic (exact) mass is 686 g/mol. The predicted molar refractivity (Wildman–Crippen MR) is 169 cm³/mol. The van der Waals surface area contributed by atoms with Crippen LogP contribution in [0.25, 0.3) is 22.2 Å². The fraction of sp³-hybridized carbons (Fsp3) is 0.233. The van der Waals surface area contributed by atoms with Crippen molar-refractivity contribution in [2.45, 2.75) is 20.1 Å². The zero-order valence-corrected chi connectivity index (χ0v) is 26.6. The van der Waals surface area contributed by atoms with Crippen molar-refractivity contribution in [2.24, 2.45) is 0 Å². The number of fused-ring (bicyclic) bond motifs is 1. The van der Waals surface area contributed by atoms with Gasteiger partial charge in [0.05, 0.1) is 41.8 Å². The van der Waals surface area contributed by atoms with E-state index in [-0.39, 0.29) is 37.1 Å². The van der Waals surface area contributed by atoms with Crippen molar-refractivity contribution in [1.82, 2.24) is 15.0 Å². The number of hydrogen-bond donors (Lipinski definition) is 1. The Morgan fingerprint density at radius 2 is 1.91 bits per heavy atom. The highest BCUT2D eigenvalue weighted by Gasteiger charge is 2.16. The molecule has 0 bridgehead atoms. The van der Waals surface area contributed by atoms with Crippen LogP contribution in [-0.4, -0.2) is 48.6 Å². The normalized spacial score (nSPS) is 11.5. The van der Waals surface area contributed by atoms with Gasteiger partial charge in [0.25, 0.3) is 0 Å². The third-order valence-corrected chi connectivity index (χ3v) is 9.58. The first-order valence-corrected chi connectivity index (χ1v) is 16.7. The number of ether oxygens (including phenoxy) is 3. The maximum atomic E-state index is 13.5. The van der Waals surface area contributed by atoms with Gasteiger partial charge in [-0.2, -0.15) is 0 Å². The molecule has 13 heteroatoms. The summed E-state index contributed by atoms with van der Waals surface area (Å²) in [6.07, 6.45) is 1.48. The molecule has 0 unspecified atom stereocenters. The molecule has 5 aromatic rings. The first-order valence-electron chi connectivity index (χ1n) is 13.2. The van der Waals surface area contributed by atoms with E-state index in [0.717, 1.165) is 31.7 Å². The Labute approximate surface area is 261 Å². The first kappa shape index (κ1) is 30.8. The van der Waals surface area contributed by atoms with Gasteiger partial charge in [-0.1, -0.05) is 19.1 Å². The molecular formula is C30H28BrFN4O5S2. The minimum Gasteiger partial charge on any atom is -0.496 e. The quantitative estimate of drug-likeness (QED) is 0.132. The summed E-state index contributed by atoms with van der Waals surface area (Å²) >= 11 is 4.98. The van der Waals surface area contributed by atoms with E-state index in [1.54, 1.807) is 26.2 Å². The van der Waals surface area contributed by atoms with Crippen LogP contribution in [0.4, 0.5) is 15.9 Å². The van der Waals surface area contributed by atoms with Crippen molar-refractivity contribution in [3.05, 3.63) is 87.2 Å². The molecular weight excluding hydrogens is 659 g/mol. The number of hydrogen-bond acceptors (Lipinski definition) is 10. The molecule has 0 aliphatic carbocycles. The summed E-state index contributed by atoms with van der Waals surface area (Å²) in [6, 6.07) is 15.6. The molecule has 1 N–H and O–H groups in total. The second-order valence-electron chi connectivity index (χ2n) is 9.40. The van der Waals surface area contributed by atoms with E-state index >= 15 is 0 Å². The van der Waals surface area contributed by atoms with Crippen molar-refractivity contribution >= 4 is 59.5 Å². The van der Waals surface area contributed by atoms with E-state index in [1.807, 2.05) is 35.7 Å². The van der Waals surface area contributed by atoms with E-state index in [1.165, 1.54) is 29.8 Å². The number of rotatable bonds is 13. The summed E-state index contributed by atoms with van der Waals surface area (Å²) in [5, 5.41) is 6.74. The van der Waals surface area contributed by atoms with Gasteiger partial charge in [0, 0.05) is 33.8 Å². The fourth-order valence-electron chi connectivity index (χ4n) is 4.16. The molecule has 5 rings (SSSR count). The standard InChI is InChI=1S/C30H28BrFN4O5S2/c1-3-43(37,38)10-9-40-16-29-36-26(17-42-29)22-13-23-25(14-28(22)39-2)33-18-34-30(23)35-21-7-8-27(24(31)12-21)41-15-19-5-4-6-20(32)11-19/h4-8,11-14,17-18H,3,9-10,15-16H2,1-2H3,(H,33,34,35). The van der Waals surface area contributed by atoms with Crippen LogP contribution in [0.5, 0.6) is 11.5 Å². The van der Waals surface area contributed by atoms with Gasteiger partial charge in [-0.25, -0.2) is 27.8 Å². The number of anilines is 2. The molecule has 0 aliphatic rings. The first-order chi connectivity index (χ1) is 20.7. The van der Waals surface area contributed by atoms with Gasteiger partial charge in [-0.05, 0) is 57.9 Å². The highest BCUT2D eigenvalue weighted by Crippen LogP contribution is 2.37. The molecule has 0 amide bonds. The molecule has 0 spiro atoms. The van der Waals surface area contributed by atoms with E-state index in [4.69, 9.17) is 19.2 Å². The van der Waals surface area contributed by atoms with Crippen molar-refractivity contribution < 1.29 is 27.0 Å². The van der Waals surface area contributed by atoms with Crippen LogP contribution >= 0.6 is 27.3 Å². The number of nitrogens with one attached hydrogen (secondary N) is 1. The second-order valence-corrected chi connectivity index (χ2v) is 13.7. The fourth-order valence-corrected chi connectivity index (χ4v) is 6.05. The van der Waals surface area contributed by atoms with Gasteiger partial charge in [0.15, 0.2) is 9.84 Å². The molecule has 9 nitrogen and oxygen atoms in total. The highest BCUT2D eigenvalue weighted by molar-refractivity contribution is 9.10. The number of thiazole rings is 1. The van der Waals surface area contributed by atoms with E-state index in [9.17, 15) is 12.8 Å². The average molecular weight is 688 g/mol. The Kier molecular flexibility index (Phi) is 9.86.